The van der Waals surface area contributed by atoms with Crippen LogP contribution in [0.15, 0.2) is 91.3 Å². The van der Waals surface area contributed by atoms with Crippen molar-refractivity contribution in [3.05, 3.63) is 120 Å². The Morgan fingerprint density at radius 2 is 1.79 bits per heavy atom. The van der Waals surface area contributed by atoms with E-state index in [1.807, 2.05) is 35.0 Å². The fraction of sp³-hybridized carbons (Fsp3) is 0.129. The number of benzene rings is 2. The van der Waals surface area contributed by atoms with Crippen LogP contribution in [0, 0.1) is 11.8 Å². The Kier molecular flexibility index (Phi) is 7.13. The van der Waals surface area contributed by atoms with E-state index >= 15 is 0 Å². The normalized spacial score (nSPS) is 13.3. The highest BCUT2D eigenvalue weighted by Gasteiger charge is 2.27. The summed E-state index contributed by atoms with van der Waals surface area (Å²) in [5, 5.41) is 12.5. The Morgan fingerprint density at radius 1 is 0.953 bits per heavy atom. The average Bonchev–Trinajstić information content (AvgIpc) is 3.61. The summed E-state index contributed by atoms with van der Waals surface area (Å²) in [6, 6.07) is 22.8. The molecule has 6 aromatic rings. The first kappa shape index (κ1) is 26.9. The molecule has 7 rings (SSSR count). The van der Waals surface area contributed by atoms with Crippen LogP contribution in [0.1, 0.15) is 21.6 Å². The summed E-state index contributed by atoms with van der Waals surface area (Å²) < 4.78 is 33.2. The number of amides is 1. The highest BCUT2D eigenvalue weighted by atomic mass is 32.2. The van der Waals surface area contributed by atoms with Crippen molar-refractivity contribution in [3.63, 3.8) is 0 Å². The van der Waals surface area contributed by atoms with Gasteiger partial charge in [-0.15, -0.1) is 0 Å². The smallest absolute Gasteiger partial charge is 0.257 e. The van der Waals surface area contributed by atoms with Crippen molar-refractivity contribution in [2.24, 2.45) is 0 Å². The van der Waals surface area contributed by atoms with Crippen molar-refractivity contribution in [1.82, 2.24) is 33.7 Å². The molecule has 1 amide bonds. The van der Waals surface area contributed by atoms with Gasteiger partial charge in [-0.05, 0) is 48.0 Å². The number of imidazole rings is 1. The molecule has 0 radical (unpaired) electrons. The number of fused-ring (bicyclic) bond motifs is 2. The van der Waals surface area contributed by atoms with Gasteiger partial charge in [-0.1, -0.05) is 42.3 Å². The monoisotopic (exact) mass is 594 g/mol. The Balaban J connectivity index is 1.22. The lowest BCUT2D eigenvalue weighted by Gasteiger charge is -2.27. The van der Waals surface area contributed by atoms with Gasteiger partial charge < -0.3 is 5.32 Å². The third-order valence-corrected chi connectivity index (χ3v) is 8.27. The maximum Gasteiger partial charge on any atom is 0.257 e. The van der Waals surface area contributed by atoms with Crippen LogP contribution < -0.4 is 5.32 Å². The number of nitrogens with zero attached hydrogens (tertiary/aromatic N) is 7. The summed E-state index contributed by atoms with van der Waals surface area (Å²) >= 11 is 1.77. The number of hydrogen-bond donors (Lipinski definition) is 1. The predicted octanol–water partition coefficient (Wildman–Crippen LogP) is 5.85. The van der Waals surface area contributed by atoms with Crippen molar-refractivity contribution >= 4 is 29.3 Å². The number of hydrogen-bond acceptors (Lipinski definition) is 7. The molecular weight excluding hydrogens is 570 g/mol. The van der Waals surface area contributed by atoms with Crippen molar-refractivity contribution in [1.29, 1.82) is 0 Å². The minimum Gasteiger partial charge on any atom is -0.305 e. The van der Waals surface area contributed by atoms with Gasteiger partial charge in [0, 0.05) is 35.7 Å². The first-order valence-corrected chi connectivity index (χ1v) is 14.5. The Hall–Kier alpha value is -4.94. The molecular formula is C31H24F2N8OS. The van der Waals surface area contributed by atoms with Crippen LogP contribution in [0.3, 0.4) is 0 Å². The third-order valence-electron chi connectivity index (χ3n) is 7.13. The highest BCUT2D eigenvalue weighted by Crippen LogP contribution is 2.37. The Bertz CT molecular complexity index is 1940. The van der Waals surface area contributed by atoms with Gasteiger partial charge in [0.05, 0.1) is 36.2 Å². The van der Waals surface area contributed by atoms with Crippen LogP contribution in [0.25, 0.3) is 28.2 Å². The zero-order chi connectivity index (χ0) is 29.3. The van der Waals surface area contributed by atoms with Gasteiger partial charge in [0.25, 0.3) is 5.91 Å². The molecule has 0 atom stereocenters. The van der Waals surface area contributed by atoms with Crippen LogP contribution in [0.2, 0.25) is 0 Å². The van der Waals surface area contributed by atoms with Crippen LogP contribution in [0.5, 0.6) is 0 Å². The van der Waals surface area contributed by atoms with Gasteiger partial charge in [0.2, 0.25) is 5.95 Å². The second-order valence-electron chi connectivity index (χ2n) is 9.99. The van der Waals surface area contributed by atoms with Crippen LogP contribution >= 0.6 is 11.9 Å². The number of carbonyl (C=O) groups is 1. The summed E-state index contributed by atoms with van der Waals surface area (Å²) in [5.41, 5.74) is 5.92. The number of carbonyl (C=O) groups excluding carboxylic acids is 1. The summed E-state index contributed by atoms with van der Waals surface area (Å²) in [5.74, 6) is -0.449. The standard InChI is InChI=1S/C31H24F2N8OS/c32-23-8-6-21(7-9-23)30-29(25-17-39(14-15-40(25)38-30)43-19-20-4-2-1-3-5-20)24-10-11-28-35-27(18-41(28)37-24)36-31(42)22-12-13-34-26(33)16-22/h1-13,16,18H,14-15,17,19H2,(H,36,42). The number of rotatable bonds is 7. The number of pyridine rings is 1. The van der Waals surface area contributed by atoms with Crippen molar-refractivity contribution in [2.45, 2.75) is 18.8 Å². The second kappa shape index (κ2) is 11.4. The minimum atomic E-state index is -0.743. The molecule has 0 saturated heterocycles. The SMILES string of the molecule is O=C(Nc1cn2nc(-c3c(-c4ccc(F)cc4)nn4c3CN(SCc3ccccc3)CC4)ccc2n1)c1ccnc(F)c1. The van der Waals surface area contributed by atoms with E-state index in [1.54, 1.807) is 34.8 Å². The lowest BCUT2D eigenvalue weighted by molar-refractivity contribution is 0.102. The quantitative estimate of drug-likeness (QED) is 0.183. The molecule has 4 aromatic heterocycles. The second-order valence-corrected chi connectivity index (χ2v) is 11.1. The van der Waals surface area contributed by atoms with Crippen molar-refractivity contribution in [3.8, 4) is 22.5 Å². The molecule has 0 fully saturated rings. The maximum absolute atomic E-state index is 13.8. The fourth-order valence-electron chi connectivity index (χ4n) is 5.03. The molecule has 0 saturated carbocycles. The molecule has 0 unspecified atom stereocenters. The van der Waals surface area contributed by atoms with Gasteiger partial charge in [0.1, 0.15) is 11.5 Å². The van der Waals surface area contributed by atoms with E-state index in [9.17, 15) is 13.6 Å². The minimum absolute atomic E-state index is 0.128. The molecule has 0 spiro atoms. The lowest BCUT2D eigenvalue weighted by atomic mass is 10.0. The summed E-state index contributed by atoms with van der Waals surface area (Å²) in [7, 11) is 0. The molecule has 214 valence electrons. The van der Waals surface area contributed by atoms with E-state index in [2.05, 4.69) is 31.7 Å². The molecule has 1 N–H and O–H groups in total. The van der Waals surface area contributed by atoms with E-state index in [4.69, 9.17) is 10.2 Å². The first-order valence-electron chi connectivity index (χ1n) is 13.6. The summed E-state index contributed by atoms with van der Waals surface area (Å²) in [6.07, 6.45) is 2.83. The Morgan fingerprint density at radius 3 is 2.60 bits per heavy atom. The van der Waals surface area contributed by atoms with Gasteiger partial charge in [-0.3, -0.25) is 9.48 Å². The molecule has 9 nitrogen and oxygen atoms in total. The largest absolute Gasteiger partial charge is 0.305 e. The van der Waals surface area contributed by atoms with Crippen molar-refractivity contribution in [2.75, 3.05) is 11.9 Å². The Labute approximate surface area is 249 Å². The average molecular weight is 595 g/mol. The lowest BCUT2D eigenvalue weighted by Crippen LogP contribution is -2.29. The summed E-state index contributed by atoms with van der Waals surface area (Å²) in [6.45, 7) is 2.17. The molecule has 12 heteroatoms. The van der Waals surface area contributed by atoms with E-state index in [1.165, 1.54) is 30.0 Å². The van der Waals surface area contributed by atoms with Crippen LogP contribution in [-0.2, 0) is 18.8 Å². The zero-order valence-electron chi connectivity index (χ0n) is 22.7. The maximum atomic E-state index is 13.8. The molecule has 1 aliphatic heterocycles. The van der Waals surface area contributed by atoms with E-state index in [0.717, 1.165) is 35.2 Å². The van der Waals surface area contributed by atoms with E-state index < -0.39 is 11.9 Å². The van der Waals surface area contributed by atoms with E-state index in [0.29, 0.717) is 30.1 Å². The van der Waals surface area contributed by atoms with Gasteiger partial charge in [-0.25, -0.2) is 23.2 Å². The number of halogens is 2. The number of anilines is 1. The van der Waals surface area contributed by atoms with Crippen molar-refractivity contribution < 1.29 is 13.6 Å². The topological polar surface area (TPSA) is 93.2 Å². The summed E-state index contributed by atoms with van der Waals surface area (Å²) in [4.78, 5) is 20.6. The van der Waals surface area contributed by atoms with Crippen LogP contribution in [0.4, 0.5) is 14.6 Å². The zero-order valence-corrected chi connectivity index (χ0v) is 23.5. The predicted molar refractivity (Wildman–Crippen MR) is 160 cm³/mol. The molecule has 2 aromatic carbocycles. The third kappa shape index (κ3) is 5.62. The number of nitrogens with one attached hydrogen (secondary N) is 1. The van der Waals surface area contributed by atoms with Gasteiger partial charge >= 0.3 is 0 Å². The first-order chi connectivity index (χ1) is 21.0. The van der Waals surface area contributed by atoms with E-state index in [-0.39, 0.29) is 17.2 Å². The van der Waals surface area contributed by atoms with Gasteiger partial charge in [0.15, 0.2) is 11.5 Å². The van der Waals surface area contributed by atoms with Gasteiger partial charge in [-0.2, -0.15) is 14.6 Å². The number of aromatic nitrogens is 6. The molecule has 43 heavy (non-hydrogen) atoms. The highest BCUT2D eigenvalue weighted by molar-refractivity contribution is 7.96. The molecule has 5 heterocycles. The van der Waals surface area contributed by atoms with Crippen LogP contribution in [-0.4, -0.2) is 46.1 Å². The molecule has 1 aliphatic rings. The molecule has 0 aliphatic carbocycles. The molecule has 0 bridgehead atoms. The fourth-order valence-corrected chi connectivity index (χ4v) is 5.98.